The lowest BCUT2D eigenvalue weighted by atomic mass is 10.2. The van der Waals surface area contributed by atoms with Gasteiger partial charge in [-0.3, -0.25) is 19.7 Å². The third kappa shape index (κ3) is 4.52. The molecule has 0 aliphatic rings. The van der Waals surface area contributed by atoms with Crippen LogP contribution in [0.5, 0.6) is 0 Å². The van der Waals surface area contributed by atoms with E-state index >= 15 is 0 Å². The van der Waals surface area contributed by atoms with Crippen LogP contribution in [-0.4, -0.2) is 40.0 Å². The normalized spacial score (nSPS) is 10.4. The van der Waals surface area contributed by atoms with Gasteiger partial charge in [0.25, 0.3) is 11.6 Å². The standard InChI is InChI=1S/C16H13N5O5S/c22-14(10-3-5-11(6-4-10)21(24)25)17-7-8-18-15(23)16-19-13(20-26-16)12-2-1-9-27-12/h1-6,9H,7-8H2,(H,17,22)(H,18,23). The molecule has 0 aliphatic heterocycles. The van der Waals surface area contributed by atoms with E-state index in [9.17, 15) is 19.7 Å². The van der Waals surface area contributed by atoms with E-state index in [1.54, 1.807) is 0 Å². The summed E-state index contributed by atoms with van der Waals surface area (Å²) in [5.74, 6) is -0.784. The van der Waals surface area contributed by atoms with Crippen molar-refractivity contribution < 1.29 is 19.0 Å². The van der Waals surface area contributed by atoms with Gasteiger partial charge < -0.3 is 15.2 Å². The molecule has 3 aromatic rings. The summed E-state index contributed by atoms with van der Waals surface area (Å²) in [6, 6.07) is 8.86. The van der Waals surface area contributed by atoms with Crippen LogP contribution in [0, 0.1) is 10.1 Å². The zero-order valence-corrected chi connectivity index (χ0v) is 14.6. The van der Waals surface area contributed by atoms with E-state index in [2.05, 4.69) is 20.8 Å². The largest absolute Gasteiger partial charge is 0.350 e. The molecule has 0 fully saturated rings. The summed E-state index contributed by atoms with van der Waals surface area (Å²) in [5, 5.41) is 21.3. The molecule has 0 saturated heterocycles. The molecule has 2 N–H and O–H groups in total. The van der Waals surface area contributed by atoms with Crippen molar-refractivity contribution in [3.63, 3.8) is 0 Å². The van der Waals surface area contributed by atoms with E-state index in [0.717, 1.165) is 4.88 Å². The van der Waals surface area contributed by atoms with Gasteiger partial charge >= 0.3 is 11.8 Å². The zero-order chi connectivity index (χ0) is 19.2. The summed E-state index contributed by atoms with van der Waals surface area (Å²) in [4.78, 5) is 38.8. The molecule has 0 radical (unpaired) electrons. The molecule has 0 aliphatic carbocycles. The minimum atomic E-state index is -0.546. The maximum absolute atomic E-state index is 12.0. The van der Waals surface area contributed by atoms with E-state index in [0.29, 0.717) is 5.82 Å². The van der Waals surface area contributed by atoms with Crippen molar-refractivity contribution >= 4 is 28.8 Å². The maximum Gasteiger partial charge on any atom is 0.316 e. The third-order valence-electron chi connectivity index (χ3n) is 3.40. The van der Waals surface area contributed by atoms with Crippen molar-refractivity contribution in [2.75, 3.05) is 13.1 Å². The number of carbonyl (C=O) groups excluding carboxylic acids is 2. The number of hydrogen-bond donors (Lipinski definition) is 2. The van der Waals surface area contributed by atoms with Crippen molar-refractivity contribution in [2.24, 2.45) is 0 Å². The van der Waals surface area contributed by atoms with Crippen LogP contribution in [0.3, 0.4) is 0 Å². The van der Waals surface area contributed by atoms with Gasteiger partial charge in [0.2, 0.25) is 5.82 Å². The highest BCUT2D eigenvalue weighted by Crippen LogP contribution is 2.21. The smallest absolute Gasteiger partial charge is 0.316 e. The maximum atomic E-state index is 12.0. The van der Waals surface area contributed by atoms with Crippen LogP contribution < -0.4 is 10.6 Å². The van der Waals surface area contributed by atoms with Gasteiger partial charge in [0.1, 0.15) is 0 Å². The number of nitro benzene ring substituents is 1. The first-order chi connectivity index (χ1) is 13.0. The highest BCUT2D eigenvalue weighted by molar-refractivity contribution is 7.13. The van der Waals surface area contributed by atoms with Crippen LogP contribution in [-0.2, 0) is 0 Å². The average molecular weight is 387 g/mol. The number of non-ortho nitro benzene ring substituents is 1. The Labute approximate surface area is 156 Å². The number of aromatic nitrogens is 2. The van der Waals surface area contributed by atoms with Crippen molar-refractivity contribution in [3.05, 3.63) is 63.3 Å². The van der Waals surface area contributed by atoms with Gasteiger partial charge in [-0.2, -0.15) is 4.98 Å². The summed E-state index contributed by atoms with van der Waals surface area (Å²) in [5.41, 5.74) is 0.185. The van der Waals surface area contributed by atoms with Gasteiger partial charge in [0.05, 0.1) is 9.80 Å². The zero-order valence-electron chi connectivity index (χ0n) is 13.7. The predicted molar refractivity (Wildman–Crippen MR) is 95.4 cm³/mol. The van der Waals surface area contributed by atoms with Gasteiger partial charge in [0, 0.05) is 30.8 Å². The lowest BCUT2D eigenvalue weighted by Gasteiger charge is -2.05. The summed E-state index contributed by atoms with van der Waals surface area (Å²) in [6.07, 6.45) is 0. The summed E-state index contributed by atoms with van der Waals surface area (Å²) in [6.45, 7) is 0.307. The van der Waals surface area contributed by atoms with E-state index < -0.39 is 16.7 Å². The fourth-order valence-electron chi connectivity index (χ4n) is 2.09. The quantitative estimate of drug-likeness (QED) is 0.358. The topological polar surface area (TPSA) is 140 Å². The van der Waals surface area contributed by atoms with Crippen molar-refractivity contribution in [2.45, 2.75) is 0 Å². The van der Waals surface area contributed by atoms with Crippen molar-refractivity contribution in [1.29, 1.82) is 0 Å². The molecule has 10 nitrogen and oxygen atoms in total. The van der Waals surface area contributed by atoms with Crippen LogP contribution in [0.2, 0.25) is 0 Å². The Hall–Kier alpha value is -3.60. The number of nitro groups is 1. The van der Waals surface area contributed by atoms with E-state index in [-0.39, 0.29) is 30.2 Å². The first kappa shape index (κ1) is 18.2. The molecule has 27 heavy (non-hydrogen) atoms. The van der Waals surface area contributed by atoms with Crippen LogP contribution in [0.4, 0.5) is 5.69 Å². The first-order valence-electron chi connectivity index (χ1n) is 7.73. The lowest BCUT2D eigenvalue weighted by Crippen LogP contribution is -2.34. The van der Waals surface area contributed by atoms with E-state index in [1.165, 1.54) is 35.6 Å². The number of hydrogen-bond acceptors (Lipinski definition) is 8. The fraction of sp³-hybridized carbons (Fsp3) is 0.125. The molecule has 0 spiro atoms. The highest BCUT2D eigenvalue weighted by Gasteiger charge is 2.16. The van der Waals surface area contributed by atoms with Crippen molar-refractivity contribution in [3.8, 4) is 10.7 Å². The molecule has 0 bridgehead atoms. The summed E-state index contributed by atoms with van der Waals surface area (Å²) in [7, 11) is 0. The third-order valence-corrected chi connectivity index (χ3v) is 4.26. The van der Waals surface area contributed by atoms with E-state index in [1.807, 2.05) is 17.5 Å². The highest BCUT2D eigenvalue weighted by atomic mass is 32.1. The fourth-order valence-corrected chi connectivity index (χ4v) is 2.74. The Kier molecular flexibility index (Phi) is 5.52. The van der Waals surface area contributed by atoms with Crippen LogP contribution in [0.25, 0.3) is 10.7 Å². The molecule has 11 heteroatoms. The number of amides is 2. The average Bonchev–Trinajstić information content (AvgIpc) is 3.36. The monoisotopic (exact) mass is 387 g/mol. The van der Waals surface area contributed by atoms with Gasteiger partial charge in [-0.1, -0.05) is 11.2 Å². The molecule has 0 atom stereocenters. The number of rotatable bonds is 7. The SMILES string of the molecule is O=C(NCCNC(=O)c1nc(-c2cccs2)no1)c1ccc([N+](=O)[O-])cc1. The molecule has 2 heterocycles. The van der Waals surface area contributed by atoms with Gasteiger partial charge in [0.15, 0.2) is 0 Å². The predicted octanol–water partition coefficient (Wildman–Crippen LogP) is 1.87. The second-order valence-electron chi connectivity index (χ2n) is 5.22. The van der Waals surface area contributed by atoms with Crippen molar-refractivity contribution in [1.82, 2.24) is 20.8 Å². The molecular weight excluding hydrogens is 374 g/mol. The first-order valence-corrected chi connectivity index (χ1v) is 8.61. The lowest BCUT2D eigenvalue weighted by molar-refractivity contribution is -0.384. The number of benzene rings is 1. The Morgan fingerprint density at radius 2 is 1.81 bits per heavy atom. The molecule has 3 rings (SSSR count). The van der Waals surface area contributed by atoms with Crippen LogP contribution >= 0.6 is 11.3 Å². The molecule has 0 unspecified atom stereocenters. The molecule has 0 saturated carbocycles. The Morgan fingerprint density at radius 3 is 2.44 bits per heavy atom. The number of nitrogens with one attached hydrogen (secondary N) is 2. The van der Waals surface area contributed by atoms with E-state index in [4.69, 9.17) is 4.52 Å². The Balaban J connectivity index is 1.45. The second kappa shape index (κ2) is 8.19. The molecule has 2 amide bonds. The van der Waals surface area contributed by atoms with Gasteiger partial charge in [-0.15, -0.1) is 11.3 Å². The number of thiophene rings is 1. The Morgan fingerprint density at radius 1 is 1.11 bits per heavy atom. The minimum Gasteiger partial charge on any atom is -0.350 e. The number of carbonyl (C=O) groups is 2. The minimum absolute atomic E-state index is 0.0970. The summed E-state index contributed by atoms with van der Waals surface area (Å²) < 4.78 is 4.92. The van der Waals surface area contributed by atoms with Crippen LogP contribution in [0.15, 0.2) is 46.3 Å². The molecular formula is C16H13N5O5S. The van der Waals surface area contributed by atoms with Gasteiger partial charge in [-0.05, 0) is 23.6 Å². The summed E-state index contributed by atoms with van der Waals surface area (Å²) >= 11 is 1.42. The second-order valence-corrected chi connectivity index (χ2v) is 6.16. The Bertz CT molecular complexity index is 952. The molecule has 2 aromatic heterocycles. The van der Waals surface area contributed by atoms with Crippen LogP contribution in [0.1, 0.15) is 21.0 Å². The molecule has 1 aromatic carbocycles. The number of nitrogens with zero attached hydrogens (tertiary/aromatic N) is 3. The van der Waals surface area contributed by atoms with Gasteiger partial charge in [-0.25, -0.2) is 0 Å². The molecule has 138 valence electrons.